The van der Waals surface area contributed by atoms with Crippen molar-refractivity contribution < 1.29 is 4.39 Å². The third-order valence-electron chi connectivity index (χ3n) is 2.61. The van der Waals surface area contributed by atoms with Crippen LogP contribution in [0.5, 0.6) is 0 Å². The Balaban J connectivity index is 2.95. The molecule has 1 heterocycles. The molecule has 6 heteroatoms. The lowest BCUT2D eigenvalue weighted by Crippen LogP contribution is -2.02. The third kappa shape index (κ3) is 1.46. The van der Waals surface area contributed by atoms with Crippen LogP contribution in [0, 0.1) is 19.8 Å². The number of fused-ring (bicyclic) bond motifs is 1. The van der Waals surface area contributed by atoms with E-state index in [1.165, 1.54) is 0 Å². The Labute approximate surface area is 97.6 Å². The van der Waals surface area contributed by atoms with Crippen LogP contribution in [0.25, 0.3) is 11.0 Å². The van der Waals surface area contributed by atoms with Crippen LogP contribution in [0.2, 0.25) is 0 Å². The van der Waals surface area contributed by atoms with Crippen LogP contribution < -0.4 is 10.5 Å². The van der Waals surface area contributed by atoms with Crippen LogP contribution >= 0.6 is 12.8 Å². The zero-order chi connectivity index (χ0) is 11.9. The third-order valence-corrected chi connectivity index (χ3v) is 2.84. The number of nitrogens with two attached hydrogens (primary N) is 1. The molecule has 0 atom stereocenters. The van der Waals surface area contributed by atoms with Gasteiger partial charge in [0.25, 0.3) is 0 Å². The Morgan fingerprint density at radius 3 is 2.62 bits per heavy atom. The van der Waals surface area contributed by atoms with E-state index in [0.717, 1.165) is 11.8 Å². The summed E-state index contributed by atoms with van der Waals surface area (Å²) < 4.78 is 15.7. The molecule has 0 saturated heterocycles. The van der Waals surface area contributed by atoms with E-state index >= 15 is 0 Å². The van der Waals surface area contributed by atoms with Gasteiger partial charge < -0.3 is 10.5 Å². The summed E-state index contributed by atoms with van der Waals surface area (Å²) in [4.78, 5) is 7.83. The molecule has 0 radical (unpaired) electrons. The summed E-state index contributed by atoms with van der Waals surface area (Å²) in [6.45, 7) is 3.61. The predicted molar refractivity (Wildman–Crippen MR) is 66.0 cm³/mol. The average Bonchev–Trinajstić information content (AvgIpc) is 2.27. The van der Waals surface area contributed by atoms with Gasteiger partial charge in [0.05, 0.1) is 28.6 Å². The van der Waals surface area contributed by atoms with Crippen LogP contribution in [0.4, 0.5) is 15.8 Å². The minimum absolute atomic E-state index is 0.488. The molecule has 0 spiro atoms. The van der Waals surface area contributed by atoms with Crippen LogP contribution in [0.15, 0.2) is 6.20 Å². The fourth-order valence-electron chi connectivity index (χ4n) is 1.68. The standard InChI is InChI=1S/C10H11FN4S/c1-4-7(12)8(15-16)5(2)9-10(4)14-6(11)3-13-9/h3,15-16H,12H2,1-2H3. The van der Waals surface area contributed by atoms with E-state index in [4.69, 9.17) is 5.73 Å². The molecule has 2 aromatic rings. The highest BCUT2D eigenvalue weighted by Crippen LogP contribution is 2.33. The minimum Gasteiger partial charge on any atom is -0.397 e. The van der Waals surface area contributed by atoms with Crippen molar-refractivity contribution >= 4 is 35.2 Å². The van der Waals surface area contributed by atoms with Crippen LogP contribution in [0.1, 0.15) is 11.1 Å². The zero-order valence-electron chi connectivity index (χ0n) is 8.87. The summed E-state index contributed by atoms with van der Waals surface area (Å²) in [5.41, 5.74) is 9.73. The number of hydrogen-bond donors (Lipinski definition) is 3. The summed E-state index contributed by atoms with van der Waals surface area (Å²) >= 11 is 3.99. The highest BCUT2D eigenvalue weighted by Gasteiger charge is 2.14. The van der Waals surface area contributed by atoms with Crippen molar-refractivity contribution in [1.29, 1.82) is 0 Å². The fourth-order valence-corrected chi connectivity index (χ4v) is 1.97. The van der Waals surface area contributed by atoms with E-state index in [1.807, 2.05) is 6.92 Å². The van der Waals surface area contributed by atoms with Gasteiger partial charge in [-0.15, -0.1) is 0 Å². The van der Waals surface area contributed by atoms with E-state index in [1.54, 1.807) is 6.92 Å². The Morgan fingerprint density at radius 2 is 2.00 bits per heavy atom. The van der Waals surface area contributed by atoms with Gasteiger partial charge in [-0.3, -0.25) is 0 Å². The molecule has 84 valence electrons. The fraction of sp³-hybridized carbons (Fsp3) is 0.200. The van der Waals surface area contributed by atoms with E-state index in [-0.39, 0.29) is 0 Å². The lowest BCUT2D eigenvalue weighted by atomic mass is 10.1. The molecular formula is C10H11FN4S. The van der Waals surface area contributed by atoms with Gasteiger partial charge in [-0.2, -0.15) is 4.39 Å². The number of nitrogens with zero attached hydrogens (tertiary/aromatic N) is 2. The number of nitrogen functional groups attached to an aromatic ring is 1. The molecule has 16 heavy (non-hydrogen) atoms. The first-order chi connectivity index (χ1) is 7.56. The van der Waals surface area contributed by atoms with Gasteiger partial charge >= 0.3 is 0 Å². The topological polar surface area (TPSA) is 63.8 Å². The number of benzene rings is 1. The maximum atomic E-state index is 13.0. The molecule has 3 N–H and O–H groups in total. The van der Waals surface area contributed by atoms with Crippen molar-refractivity contribution in [2.24, 2.45) is 0 Å². The molecule has 2 rings (SSSR count). The van der Waals surface area contributed by atoms with Crippen molar-refractivity contribution in [3.63, 3.8) is 0 Å². The van der Waals surface area contributed by atoms with Crippen molar-refractivity contribution in [2.75, 3.05) is 10.5 Å². The van der Waals surface area contributed by atoms with E-state index in [9.17, 15) is 4.39 Å². The first-order valence-corrected chi connectivity index (χ1v) is 5.12. The first-order valence-electron chi connectivity index (χ1n) is 4.67. The maximum Gasteiger partial charge on any atom is 0.231 e. The SMILES string of the molecule is Cc1c(N)c(NS)c(C)c2ncc(F)nc12. The van der Waals surface area contributed by atoms with Gasteiger partial charge in [-0.25, -0.2) is 9.97 Å². The van der Waals surface area contributed by atoms with E-state index in [2.05, 4.69) is 27.5 Å². The molecule has 0 aliphatic rings. The van der Waals surface area contributed by atoms with Gasteiger partial charge in [0.15, 0.2) is 0 Å². The minimum atomic E-state index is -0.610. The van der Waals surface area contributed by atoms with Gasteiger partial charge in [0.1, 0.15) is 0 Å². The van der Waals surface area contributed by atoms with Crippen LogP contribution in [0.3, 0.4) is 0 Å². The van der Waals surface area contributed by atoms with Gasteiger partial charge in [0, 0.05) is 11.1 Å². The lowest BCUT2D eigenvalue weighted by Gasteiger charge is -2.13. The molecule has 0 aliphatic carbocycles. The second-order valence-corrected chi connectivity index (χ2v) is 3.76. The molecule has 0 amide bonds. The number of anilines is 2. The number of rotatable bonds is 1. The summed E-state index contributed by atoms with van der Waals surface area (Å²) in [6.07, 6.45) is 1.09. The number of hydrogen-bond acceptors (Lipinski definition) is 5. The molecular weight excluding hydrogens is 227 g/mol. The Kier molecular flexibility index (Phi) is 2.59. The van der Waals surface area contributed by atoms with Gasteiger partial charge in [0.2, 0.25) is 5.95 Å². The lowest BCUT2D eigenvalue weighted by molar-refractivity contribution is 0.583. The zero-order valence-corrected chi connectivity index (χ0v) is 9.77. The monoisotopic (exact) mass is 238 g/mol. The molecule has 0 unspecified atom stereocenters. The average molecular weight is 238 g/mol. The second-order valence-electron chi connectivity index (χ2n) is 3.54. The van der Waals surface area contributed by atoms with Crippen molar-refractivity contribution in [2.45, 2.75) is 13.8 Å². The van der Waals surface area contributed by atoms with Crippen LogP contribution in [-0.2, 0) is 0 Å². The Hall–Kier alpha value is -1.56. The molecule has 0 aliphatic heterocycles. The van der Waals surface area contributed by atoms with Gasteiger partial charge in [-0.1, -0.05) is 12.8 Å². The largest absolute Gasteiger partial charge is 0.397 e. The normalized spacial score (nSPS) is 10.8. The Morgan fingerprint density at radius 1 is 1.31 bits per heavy atom. The molecule has 0 saturated carbocycles. The number of aryl methyl sites for hydroxylation is 2. The Bertz CT molecular complexity index is 570. The molecule has 0 fully saturated rings. The van der Waals surface area contributed by atoms with Crippen molar-refractivity contribution in [3.05, 3.63) is 23.3 Å². The molecule has 1 aromatic heterocycles. The summed E-state index contributed by atoms with van der Waals surface area (Å²) in [6, 6.07) is 0. The van der Waals surface area contributed by atoms with Crippen molar-refractivity contribution in [3.8, 4) is 0 Å². The summed E-state index contributed by atoms with van der Waals surface area (Å²) in [5, 5.41) is 0. The number of nitrogens with one attached hydrogen (secondary N) is 1. The highest BCUT2D eigenvalue weighted by molar-refractivity contribution is 7.81. The van der Waals surface area contributed by atoms with Crippen LogP contribution in [-0.4, -0.2) is 9.97 Å². The molecule has 0 bridgehead atoms. The predicted octanol–water partition coefficient (Wildman–Crippen LogP) is 2.22. The molecule has 4 nitrogen and oxygen atoms in total. The quantitative estimate of drug-likeness (QED) is 0.526. The number of aromatic nitrogens is 2. The number of thiol groups is 1. The highest BCUT2D eigenvalue weighted by atomic mass is 32.1. The second kappa shape index (κ2) is 3.79. The first kappa shape index (κ1) is 10.9. The number of halogens is 1. The van der Waals surface area contributed by atoms with E-state index < -0.39 is 5.95 Å². The smallest absolute Gasteiger partial charge is 0.231 e. The van der Waals surface area contributed by atoms with Gasteiger partial charge in [-0.05, 0) is 13.8 Å². The summed E-state index contributed by atoms with van der Waals surface area (Å²) in [7, 11) is 0. The molecule has 1 aromatic carbocycles. The van der Waals surface area contributed by atoms with E-state index in [0.29, 0.717) is 28.0 Å². The van der Waals surface area contributed by atoms with Crippen molar-refractivity contribution in [1.82, 2.24) is 9.97 Å². The summed E-state index contributed by atoms with van der Waals surface area (Å²) in [5.74, 6) is -0.610. The maximum absolute atomic E-state index is 13.0.